The van der Waals surface area contributed by atoms with E-state index in [0.29, 0.717) is 24.8 Å². The van der Waals surface area contributed by atoms with Gasteiger partial charge in [-0.3, -0.25) is 4.79 Å². The number of carbonyl (C=O) groups excluding carboxylic acids is 1. The summed E-state index contributed by atoms with van der Waals surface area (Å²) in [6.45, 7) is 4.88. The normalized spacial score (nSPS) is 16.3. The van der Waals surface area contributed by atoms with E-state index in [-0.39, 0.29) is 12.5 Å². The molecule has 2 rings (SSSR count). The van der Waals surface area contributed by atoms with Crippen LogP contribution in [0.5, 0.6) is 0 Å². The summed E-state index contributed by atoms with van der Waals surface area (Å²) in [5.41, 5.74) is 0.366. The first-order valence-electron chi connectivity index (χ1n) is 7.29. The second kappa shape index (κ2) is 7.35. The monoisotopic (exact) mass is 281 g/mol. The predicted octanol–water partition coefficient (Wildman–Crippen LogP) is 0.0471. The van der Waals surface area contributed by atoms with Crippen LogP contribution in [0.15, 0.2) is 6.20 Å². The molecule has 1 amide bonds. The van der Waals surface area contributed by atoms with Gasteiger partial charge in [-0.25, -0.2) is 4.68 Å². The minimum absolute atomic E-state index is 0.0336. The predicted molar refractivity (Wildman–Crippen MR) is 74.4 cm³/mol. The molecule has 7 nitrogen and oxygen atoms in total. The van der Waals surface area contributed by atoms with Gasteiger partial charge in [0.25, 0.3) is 5.91 Å². The fourth-order valence-corrected chi connectivity index (χ4v) is 2.49. The number of piperidine rings is 1. The van der Waals surface area contributed by atoms with Gasteiger partial charge in [-0.15, -0.1) is 5.10 Å². The SMILES string of the molecule is CCCN(CCO)C(=O)c1cn(C2CCNCC2)nn1. The number of aliphatic hydroxyl groups is 1. The number of hydrogen-bond acceptors (Lipinski definition) is 5. The first-order valence-corrected chi connectivity index (χ1v) is 7.29. The quantitative estimate of drug-likeness (QED) is 0.769. The van der Waals surface area contributed by atoms with Crippen LogP contribution in [0.1, 0.15) is 42.7 Å². The fourth-order valence-electron chi connectivity index (χ4n) is 2.49. The molecule has 0 bridgehead atoms. The molecule has 0 spiro atoms. The Hall–Kier alpha value is -1.47. The van der Waals surface area contributed by atoms with Gasteiger partial charge in [0.2, 0.25) is 0 Å². The molecule has 1 aliphatic heterocycles. The van der Waals surface area contributed by atoms with Gasteiger partial charge in [0.1, 0.15) is 0 Å². The maximum absolute atomic E-state index is 12.3. The minimum atomic E-state index is -0.152. The maximum Gasteiger partial charge on any atom is 0.276 e. The first kappa shape index (κ1) is 14.9. The first-order chi connectivity index (χ1) is 9.76. The van der Waals surface area contributed by atoms with Crippen LogP contribution in [0.2, 0.25) is 0 Å². The summed E-state index contributed by atoms with van der Waals surface area (Å²) >= 11 is 0. The number of carbonyl (C=O) groups is 1. The lowest BCUT2D eigenvalue weighted by atomic mass is 10.1. The number of aliphatic hydroxyl groups excluding tert-OH is 1. The molecule has 1 fully saturated rings. The van der Waals surface area contributed by atoms with Gasteiger partial charge in [0.05, 0.1) is 18.8 Å². The third-order valence-electron chi connectivity index (χ3n) is 3.56. The molecule has 2 N–H and O–H groups in total. The molecule has 0 unspecified atom stereocenters. The summed E-state index contributed by atoms with van der Waals surface area (Å²) in [4.78, 5) is 13.9. The number of hydrogen-bond donors (Lipinski definition) is 2. The molecular weight excluding hydrogens is 258 g/mol. The largest absolute Gasteiger partial charge is 0.395 e. The Bertz CT molecular complexity index is 422. The fraction of sp³-hybridized carbons (Fsp3) is 0.769. The molecule has 20 heavy (non-hydrogen) atoms. The van der Waals surface area contributed by atoms with E-state index in [4.69, 9.17) is 5.11 Å². The van der Waals surface area contributed by atoms with Crippen molar-refractivity contribution in [2.24, 2.45) is 0 Å². The highest BCUT2D eigenvalue weighted by molar-refractivity contribution is 5.91. The molecule has 0 saturated carbocycles. The molecule has 1 aromatic rings. The molecule has 2 heterocycles. The smallest absolute Gasteiger partial charge is 0.276 e. The van der Waals surface area contributed by atoms with E-state index in [0.717, 1.165) is 32.4 Å². The van der Waals surface area contributed by atoms with Crippen molar-refractivity contribution < 1.29 is 9.90 Å². The highest BCUT2D eigenvalue weighted by Crippen LogP contribution is 2.17. The van der Waals surface area contributed by atoms with E-state index in [9.17, 15) is 4.79 Å². The lowest BCUT2D eigenvalue weighted by molar-refractivity contribution is 0.0716. The van der Waals surface area contributed by atoms with E-state index in [1.807, 2.05) is 6.92 Å². The molecule has 1 aromatic heterocycles. The van der Waals surface area contributed by atoms with Gasteiger partial charge in [0, 0.05) is 13.1 Å². The Morgan fingerprint density at radius 1 is 1.50 bits per heavy atom. The molecule has 0 radical (unpaired) electrons. The zero-order chi connectivity index (χ0) is 14.4. The van der Waals surface area contributed by atoms with Gasteiger partial charge in [-0.05, 0) is 32.4 Å². The van der Waals surface area contributed by atoms with E-state index in [2.05, 4.69) is 15.6 Å². The summed E-state index contributed by atoms with van der Waals surface area (Å²) < 4.78 is 1.80. The van der Waals surface area contributed by atoms with Gasteiger partial charge in [-0.2, -0.15) is 0 Å². The summed E-state index contributed by atoms with van der Waals surface area (Å²) in [5.74, 6) is -0.152. The lowest BCUT2D eigenvalue weighted by Crippen LogP contribution is -2.34. The summed E-state index contributed by atoms with van der Waals surface area (Å²) in [6.07, 6.45) is 4.60. The van der Waals surface area contributed by atoms with Crippen molar-refractivity contribution >= 4 is 5.91 Å². The van der Waals surface area contributed by atoms with E-state index in [1.54, 1.807) is 15.8 Å². The Morgan fingerprint density at radius 2 is 2.25 bits per heavy atom. The number of nitrogens with zero attached hydrogens (tertiary/aromatic N) is 4. The van der Waals surface area contributed by atoms with Crippen LogP contribution in [0.3, 0.4) is 0 Å². The highest BCUT2D eigenvalue weighted by atomic mass is 16.3. The topological polar surface area (TPSA) is 83.3 Å². The number of amides is 1. The second-order valence-corrected chi connectivity index (χ2v) is 5.08. The van der Waals surface area contributed by atoms with Crippen LogP contribution in [-0.2, 0) is 0 Å². The molecular formula is C13H23N5O2. The van der Waals surface area contributed by atoms with Crippen molar-refractivity contribution in [3.63, 3.8) is 0 Å². The molecule has 0 aromatic carbocycles. The Labute approximate surface area is 119 Å². The van der Waals surface area contributed by atoms with Crippen LogP contribution in [-0.4, -0.2) is 63.7 Å². The van der Waals surface area contributed by atoms with E-state index in [1.165, 1.54) is 0 Å². The maximum atomic E-state index is 12.3. The zero-order valence-electron chi connectivity index (χ0n) is 12.0. The van der Waals surface area contributed by atoms with Gasteiger partial charge in [0.15, 0.2) is 5.69 Å². The number of rotatable bonds is 6. The number of nitrogens with one attached hydrogen (secondary N) is 1. The number of aromatic nitrogens is 3. The summed E-state index contributed by atoms with van der Waals surface area (Å²) in [6, 6.07) is 0.322. The summed E-state index contributed by atoms with van der Waals surface area (Å²) in [5, 5.41) is 20.4. The van der Waals surface area contributed by atoms with Crippen molar-refractivity contribution in [1.29, 1.82) is 0 Å². The Kier molecular flexibility index (Phi) is 5.49. The van der Waals surface area contributed by atoms with Crippen molar-refractivity contribution in [3.8, 4) is 0 Å². The van der Waals surface area contributed by atoms with Crippen molar-refractivity contribution in [1.82, 2.24) is 25.2 Å². The lowest BCUT2D eigenvalue weighted by Gasteiger charge is -2.22. The van der Waals surface area contributed by atoms with Crippen LogP contribution in [0.4, 0.5) is 0 Å². The highest BCUT2D eigenvalue weighted by Gasteiger charge is 2.21. The molecule has 1 aliphatic rings. The van der Waals surface area contributed by atoms with E-state index >= 15 is 0 Å². The zero-order valence-corrected chi connectivity index (χ0v) is 12.0. The van der Waals surface area contributed by atoms with E-state index < -0.39 is 0 Å². The molecule has 1 saturated heterocycles. The van der Waals surface area contributed by atoms with Crippen molar-refractivity contribution in [3.05, 3.63) is 11.9 Å². The standard InChI is InChI=1S/C13H23N5O2/c1-2-7-17(8-9-19)13(20)12-10-18(16-15-12)11-3-5-14-6-4-11/h10-11,14,19H,2-9H2,1H3. The van der Waals surface area contributed by atoms with Gasteiger partial charge >= 0.3 is 0 Å². The van der Waals surface area contributed by atoms with Crippen LogP contribution < -0.4 is 5.32 Å². The Morgan fingerprint density at radius 3 is 2.90 bits per heavy atom. The molecule has 0 aliphatic carbocycles. The minimum Gasteiger partial charge on any atom is -0.395 e. The molecule has 112 valence electrons. The van der Waals surface area contributed by atoms with Crippen LogP contribution >= 0.6 is 0 Å². The Balaban J connectivity index is 2.04. The second-order valence-electron chi connectivity index (χ2n) is 5.08. The third-order valence-corrected chi connectivity index (χ3v) is 3.56. The van der Waals surface area contributed by atoms with Gasteiger partial charge < -0.3 is 15.3 Å². The van der Waals surface area contributed by atoms with Crippen molar-refractivity contribution in [2.75, 3.05) is 32.8 Å². The average molecular weight is 281 g/mol. The van der Waals surface area contributed by atoms with Crippen molar-refractivity contribution in [2.45, 2.75) is 32.2 Å². The molecule has 0 atom stereocenters. The van der Waals surface area contributed by atoms with Gasteiger partial charge in [-0.1, -0.05) is 12.1 Å². The van der Waals surface area contributed by atoms with Crippen LogP contribution in [0, 0.1) is 0 Å². The summed E-state index contributed by atoms with van der Waals surface area (Å²) in [7, 11) is 0. The third kappa shape index (κ3) is 3.55. The van der Waals surface area contributed by atoms with Crippen LogP contribution in [0.25, 0.3) is 0 Å². The molecule has 7 heteroatoms. The average Bonchev–Trinajstić information content (AvgIpc) is 2.97.